The van der Waals surface area contributed by atoms with Crippen molar-refractivity contribution in [2.24, 2.45) is 0 Å². The molecular formula is C24H26N2O2. The van der Waals surface area contributed by atoms with Crippen LogP contribution in [0.25, 0.3) is 0 Å². The van der Waals surface area contributed by atoms with E-state index in [1.54, 1.807) is 7.11 Å². The lowest BCUT2D eigenvalue weighted by Crippen LogP contribution is -2.34. The number of carbonyl (C=O) groups excluding carboxylic acids is 1. The first-order valence-electron chi connectivity index (χ1n) is 9.44. The summed E-state index contributed by atoms with van der Waals surface area (Å²) < 4.78 is 5.20. The van der Waals surface area contributed by atoms with Gasteiger partial charge in [0.25, 0.3) is 0 Å². The van der Waals surface area contributed by atoms with Crippen molar-refractivity contribution in [2.45, 2.75) is 19.4 Å². The molecule has 3 aromatic carbocycles. The van der Waals surface area contributed by atoms with E-state index in [9.17, 15) is 4.79 Å². The molecule has 0 aliphatic rings. The highest BCUT2D eigenvalue weighted by molar-refractivity contribution is 5.95. The highest BCUT2D eigenvalue weighted by Gasteiger charge is 2.19. The third kappa shape index (κ3) is 5.44. The molecule has 144 valence electrons. The van der Waals surface area contributed by atoms with Gasteiger partial charge < -0.3 is 15.4 Å². The van der Waals surface area contributed by atoms with Crippen LogP contribution in [0.3, 0.4) is 0 Å². The summed E-state index contributed by atoms with van der Waals surface area (Å²) in [4.78, 5) is 12.9. The summed E-state index contributed by atoms with van der Waals surface area (Å²) >= 11 is 0. The van der Waals surface area contributed by atoms with E-state index >= 15 is 0 Å². The molecule has 3 rings (SSSR count). The summed E-state index contributed by atoms with van der Waals surface area (Å²) in [5.41, 5.74) is 4.10. The van der Waals surface area contributed by atoms with E-state index in [0.717, 1.165) is 29.0 Å². The molecule has 28 heavy (non-hydrogen) atoms. The van der Waals surface area contributed by atoms with Crippen molar-refractivity contribution in [3.63, 3.8) is 0 Å². The number of anilines is 1. The fraction of sp³-hybridized carbons (Fsp3) is 0.208. The van der Waals surface area contributed by atoms with Crippen molar-refractivity contribution in [2.75, 3.05) is 19.0 Å². The first-order valence-corrected chi connectivity index (χ1v) is 9.44. The summed E-state index contributed by atoms with van der Waals surface area (Å²) in [6.45, 7) is 2.71. The number of aryl methyl sites for hydroxylation is 1. The fourth-order valence-corrected chi connectivity index (χ4v) is 3.01. The summed E-state index contributed by atoms with van der Waals surface area (Å²) in [6, 6.07) is 25.2. The van der Waals surface area contributed by atoms with E-state index in [0.29, 0.717) is 6.54 Å². The van der Waals surface area contributed by atoms with E-state index < -0.39 is 6.04 Å². The third-order valence-electron chi connectivity index (χ3n) is 4.64. The van der Waals surface area contributed by atoms with Gasteiger partial charge in [0.05, 0.1) is 7.11 Å². The van der Waals surface area contributed by atoms with Gasteiger partial charge in [-0.1, -0.05) is 60.2 Å². The van der Waals surface area contributed by atoms with Crippen LogP contribution in [0.4, 0.5) is 5.69 Å². The zero-order chi connectivity index (χ0) is 19.8. The Balaban J connectivity index is 1.66. The Bertz CT molecular complexity index is 875. The van der Waals surface area contributed by atoms with Crippen molar-refractivity contribution < 1.29 is 9.53 Å². The van der Waals surface area contributed by atoms with Gasteiger partial charge in [0, 0.05) is 12.2 Å². The Morgan fingerprint density at radius 3 is 2.25 bits per heavy atom. The van der Waals surface area contributed by atoms with Gasteiger partial charge in [-0.2, -0.15) is 0 Å². The van der Waals surface area contributed by atoms with E-state index in [-0.39, 0.29) is 5.91 Å². The Labute approximate surface area is 166 Å². The summed E-state index contributed by atoms with van der Waals surface area (Å²) in [5, 5.41) is 6.41. The number of amides is 1. The molecule has 0 heterocycles. The van der Waals surface area contributed by atoms with Crippen LogP contribution in [0.1, 0.15) is 22.7 Å². The minimum absolute atomic E-state index is 0.0650. The number of ether oxygens (including phenoxy) is 1. The van der Waals surface area contributed by atoms with Crippen LogP contribution in [0, 0.1) is 6.92 Å². The average molecular weight is 374 g/mol. The molecular weight excluding hydrogens is 348 g/mol. The molecule has 0 spiro atoms. The zero-order valence-electron chi connectivity index (χ0n) is 16.3. The highest BCUT2D eigenvalue weighted by Crippen LogP contribution is 2.17. The van der Waals surface area contributed by atoms with Gasteiger partial charge in [-0.15, -0.1) is 0 Å². The minimum atomic E-state index is -0.416. The summed E-state index contributed by atoms with van der Waals surface area (Å²) in [5.74, 6) is 0.779. The van der Waals surface area contributed by atoms with Crippen LogP contribution < -0.4 is 15.4 Å². The van der Waals surface area contributed by atoms with Crippen molar-refractivity contribution in [1.82, 2.24) is 5.32 Å². The van der Waals surface area contributed by atoms with Crippen LogP contribution in [0.2, 0.25) is 0 Å². The van der Waals surface area contributed by atoms with E-state index in [4.69, 9.17) is 4.74 Å². The molecule has 0 unspecified atom stereocenters. The lowest BCUT2D eigenvalue weighted by Gasteiger charge is -2.19. The lowest BCUT2D eigenvalue weighted by molar-refractivity contribution is -0.118. The number of rotatable bonds is 8. The molecule has 2 N–H and O–H groups in total. The van der Waals surface area contributed by atoms with E-state index in [1.165, 1.54) is 5.56 Å². The van der Waals surface area contributed by atoms with Gasteiger partial charge >= 0.3 is 0 Å². The number of benzene rings is 3. The van der Waals surface area contributed by atoms with E-state index in [1.807, 2.05) is 85.8 Å². The first-order chi connectivity index (χ1) is 13.7. The minimum Gasteiger partial charge on any atom is -0.497 e. The zero-order valence-corrected chi connectivity index (χ0v) is 16.3. The summed E-state index contributed by atoms with van der Waals surface area (Å²) in [6.07, 6.45) is 0.825. The molecule has 4 nitrogen and oxygen atoms in total. The van der Waals surface area contributed by atoms with Crippen LogP contribution >= 0.6 is 0 Å². The predicted molar refractivity (Wildman–Crippen MR) is 114 cm³/mol. The molecule has 0 radical (unpaired) electrons. The van der Waals surface area contributed by atoms with Crippen LogP contribution in [-0.4, -0.2) is 19.6 Å². The van der Waals surface area contributed by atoms with Crippen molar-refractivity contribution in [3.05, 3.63) is 95.6 Å². The van der Waals surface area contributed by atoms with E-state index in [2.05, 4.69) is 10.6 Å². The molecule has 0 saturated heterocycles. The lowest BCUT2D eigenvalue weighted by atomic mass is 10.1. The van der Waals surface area contributed by atoms with Gasteiger partial charge in [0.1, 0.15) is 11.8 Å². The van der Waals surface area contributed by atoms with Crippen LogP contribution in [-0.2, 0) is 11.2 Å². The molecule has 0 aliphatic heterocycles. The number of nitrogens with one attached hydrogen (secondary N) is 2. The maximum Gasteiger partial charge on any atom is 0.246 e. The van der Waals surface area contributed by atoms with Gasteiger partial charge in [-0.3, -0.25) is 4.79 Å². The maximum absolute atomic E-state index is 12.9. The molecule has 0 aromatic heterocycles. The number of carbonyl (C=O) groups is 1. The predicted octanol–water partition coefficient (Wildman–Crippen LogP) is 4.52. The van der Waals surface area contributed by atoms with Gasteiger partial charge in [-0.25, -0.2) is 0 Å². The summed E-state index contributed by atoms with van der Waals surface area (Å²) in [7, 11) is 1.66. The SMILES string of the molecule is COc1ccc(CCN[C@H](C(=O)Nc2ccc(C)cc2)c2ccccc2)cc1. The fourth-order valence-electron chi connectivity index (χ4n) is 3.01. The monoisotopic (exact) mass is 374 g/mol. The molecule has 0 aliphatic carbocycles. The second kappa shape index (κ2) is 9.72. The second-order valence-corrected chi connectivity index (χ2v) is 6.75. The normalized spacial score (nSPS) is 11.6. The smallest absolute Gasteiger partial charge is 0.246 e. The number of methoxy groups -OCH3 is 1. The largest absolute Gasteiger partial charge is 0.497 e. The molecule has 0 fully saturated rings. The number of hydrogen-bond acceptors (Lipinski definition) is 3. The van der Waals surface area contributed by atoms with Crippen molar-refractivity contribution >= 4 is 11.6 Å². The maximum atomic E-state index is 12.9. The molecule has 3 aromatic rings. The Hall–Kier alpha value is -3.11. The molecule has 4 heteroatoms. The molecule has 1 amide bonds. The first kappa shape index (κ1) is 19.6. The second-order valence-electron chi connectivity index (χ2n) is 6.75. The molecule has 1 atom stereocenters. The Kier molecular flexibility index (Phi) is 6.82. The molecule has 0 saturated carbocycles. The van der Waals surface area contributed by atoms with Crippen LogP contribution in [0.15, 0.2) is 78.9 Å². The van der Waals surface area contributed by atoms with Gasteiger partial charge in [0.2, 0.25) is 5.91 Å². The van der Waals surface area contributed by atoms with Crippen LogP contribution in [0.5, 0.6) is 5.75 Å². The third-order valence-corrected chi connectivity index (χ3v) is 4.64. The quantitative estimate of drug-likeness (QED) is 0.610. The topological polar surface area (TPSA) is 50.4 Å². The Morgan fingerprint density at radius 2 is 1.61 bits per heavy atom. The Morgan fingerprint density at radius 1 is 0.929 bits per heavy atom. The molecule has 0 bridgehead atoms. The average Bonchev–Trinajstić information content (AvgIpc) is 2.74. The van der Waals surface area contributed by atoms with Gasteiger partial charge in [-0.05, 0) is 48.7 Å². The van der Waals surface area contributed by atoms with Gasteiger partial charge in [0.15, 0.2) is 0 Å². The number of hydrogen-bond donors (Lipinski definition) is 2. The van der Waals surface area contributed by atoms with Crippen molar-refractivity contribution in [3.8, 4) is 5.75 Å². The van der Waals surface area contributed by atoms with Crippen molar-refractivity contribution in [1.29, 1.82) is 0 Å². The highest BCUT2D eigenvalue weighted by atomic mass is 16.5. The standard InChI is InChI=1S/C24H26N2O2/c1-18-8-12-21(13-9-18)26-24(27)23(20-6-4-3-5-7-20)25-17-16-19-10-14-22(28-2)15-11-19/h3-15,23,25H,16-17H2,1-2H3,(H,26,27)/t23-/m0/s1.